The van der Waals surface area contributed by atoms with Gasteiger partial charge in [0.1, 0.15) is 0 Å². The standard InChI is InChI=1S/C24H20O3S2/c1-3-16-8-10-17(11-9-16)22-23(25)20-6-4-5-7-21(20)28-24(22)18-12-14-19(15-13-18)29(2,26)27/h4-15H,3H2,1-2H3. The van der Waals surface area contributed by atoms with Crippen LogP contribution in [0.3, 0.4) is 0 Å². The van der Waals surface area contributed by atoms with Gasteiger partial charge in [0, 0.05) is 26.8 Å². The molecule has 0 amide bonds. The van der Waals surface area contributed by atoms with E-state index in [4.69, 9.17) is 0 Å². The molecule has 0 aliphatic rings. The zero-order valence-corrected chi connectivity index (χ0v) is 17.8. The van der Waals surface area contributed by atoms with Crippen molar-refractivity contribution in [3.63, 3.8) is 0 Å². The van der Waals surface area contributed by atoms with Crippen LogP contribution in [0.15, 0.2) is 82.5 Å². The SMILES string of the molecule is CCc1ccc(-c2c(-c3ccc(S(C)(=O)=O)cc3)sc3ccccc3c2=O)cc1. The topological polar surface area (TPSA) is 51.2 Å². The van der Waals surface area contributed by atoms with E-state index in [0.29, 0.717) is 10.9 Å². The van der Waals surface area contributed by atoms with Gasteiger partial charge in [-0.05, 0) is 47.4 Å². The van der Waals surface area contributed by atoms with Gasteiger partial charge in [0.2, 0.25) is 0 Å². The summed E-state index contributed by atoms with van der Waals surface area (Å²) in [6, 6.07) is 22.4. The zero-order valence-electron chi connectivity index (χ0n) is 16.2. The molecule has 1 aromatic heterocycles. The minimum atomic E-state index is -3.27. The highest BCUT2D eigenvalue weighted by Crippen LogP contribution is 2.37. The molecule has 3 nitrogen and oxygen atoms in total. The van der Waals surface area contributed by atoms with Gasteiger partial charge in [-0.25, -0.2) is 8.42 Å². The molecule has 29 heavy (non-hydrogen) atoms. The molecule has 0 atom stereocenters. The molecule has 0 radical (unpaired) electrons. The maximum absolute atomic E-state index is 13.4. The Balaban J connectivity index is 2.00. The molecule has 0 bridgehead atoms. The molecule has 4 aromatic rings. The number of rotatable bonds is 4. The molecule has 146 valence electrons. The van der Waals surface area contributed by atoms with Gasteiger partial charge in [0.15, 0.2) is 15.3 Å². The van der Waals surface area contributed by atoms with Crippen LogP contribution in [0.5, 0.6) is 0 Å². The van der Waals surface area contributed by atoms with Crippen LogP contribution in [0, 0.1) is 0 Å². The summed E-state index contributed by atoms with van der Waals surface area (Å²) in [5.74, 6) is 0. The fourth-order valence-electron chi connectivity index (χ4n) is 3.37. The minimum absolute atomic E-state index is 0.00853. The molecule has 4 rings (SSSR count). The van der Waals surface area contributed by atoms with Crippen LogP contribution in [0.4, 0.5) is 0 Å². The lowest BCUT2D eigenvalue weighted by atomic mass is 9.99. The smallest absolute Gasteiger partial charge is 0.196 e. The molecule has 0 aliphatic carbocycles. The van der Waals surface area contributed by atoms with Gasteiger partial charge < -0.3 is 0 Å². The third kappa shape index (κ3) is 3.76. The van der Waals surface area contributed by atoms with Crippen molar-refractivity contribution in [2.75, 3.05) is 6.26 Å². The maximum atomic E-state index is 13.4. The maximum Gasteiger partial charge on any atom is 0.196 e. The van der Waals surface area contributed by atoms with E-state index in [2.05, 4.69) is 6.92 Å². The predicted molar refractivity (Wildman–Crippen MR) is 121 cm³/mol. The normalized spacial score (nSPS) is 11.7. The molecule has 0 saturated heterocycles. The summed E-state index contributed by atoms with van der Waals surface area (Å²) in [5.41, 5.74) is 3.56. The molecular formula is C24H20O3S2. The van der Waals surface area contributed by atoms with E-state index in [9.17, 15) is 13.2 Å². The Hall–Kier alpha value is -2.76. The Bertz CT molecular complexity index is 1350. The van der Waals surface area contributed by atoms with Gasteiger partial charge >= 0.3 is 0 Å². The Labute approximate surface area is 174 Å². The summed E-state index contributed by atoms with van der Waals surface area (Å²) < 4.78 is 24.5. The fourth-order valence-corrected chi connectivity index (χ4v) is 5.20. The van der Waals surface area contributed by atoms with Gasteiger partial charge in [0.05, 0.1) is 4.90 Å². The lowest BCUT2D eigenvalue weighted by molar-refractivity contribution is 0.602. The van der Waals surface area contributed by atoms with Crippen molar-refractivity contribution in [1.82, 2.24) is 0 Å². The highest BCUT2D eigenvalue weighted by Gasteiger charge is 2.17. The quantitative estimate of drug-likeness (QED) is 0.434. The van der Waals surface area contributed by atoms with Crippen LogP contribution in [0.25, 0.3) is 31.7 Å². The summed E-state index contributed by atoms with van der Waals surface area (Å²) >= 11 is 1.55. The number of hydrogen-bond acceptors (Lipinski definition) is 4. The number of fused-ring (bicyclic) bond motifs is 1. The van der Waals surface area contributed by atoms with Crippen LogP contribution in [-0.4, -0.2) is 14.7 Å². The first-order valence-corrected chi connectivity index (χ1v) is 12.0. The van der Waals surface area contributed by atoms with Crippen molar-refractivity contribution in [3.05, 3.63) is 88.6 Å². The largest absolute Gasteiger partial charge is 0.288 e. The molecule has 0 unspecified atom stereocenters. The Kier molecular flexibility index (Phi) is 5.11. The highest BCUT2D eigenvalue weighted by molar-refractivity contribution is 7.90. The van der Waals surface area contributed by atoms with Crippen LogP contribution in [0.2, 0.25) is 0 Å². The summed E-state index contributed by atoms with van der Waals surface area (Å²) in [7, 11) is -3.27. The summed E-state index contributed by atoms with van der Waals surface area (Å²) in [6.45, 7) is 2.10. The first kappa shape index (κ1) is 19.6. The van der Waals surface area contributed by atoms with Crippen LogP contribution < -0.4 is 5.43 Å². The molecular weight excluding hydrogens is 400 g/mol. The average molecular weight is 421 g/mol. The van der Waals surface area contributed by atoms with E-state index in [1.807, 2.05) is 48.5 Å². The fraction of sp³-hybridized carbons (Fsp3) is 0.125. The molecule has 0 aliphatic heterocycles. The lowest BCUT2D eigenvalue weighted by Gasteiger charge is -2.12. The van der Waals surface area contributed by atoms with Crippen LogP contribution in [-0.2, 0) is 16.3 Å². The van der Waals surface area contributed by atoms with Crippen molar-refractivity contribution in [3.8, 4) is 21.6 Å². The number of sulfone groups is 1. The molecule has 3 aromatic carbocycles. The number of aryl methyl sites for hydroxylation is 1. The third-order valence-corrected chi connectivity index (χ3v) is 7.34. The summed E-state index contributed by atoms with van der Waals surface area (Å²) in [5, 5.41) is 0.698. The van der Waals surface area contributed by atoms with Crippen molar-refractivity contribution >= 4 is 31.3 Å². The summed E-state index contributed by atoms with van der Waals surface area (Å²) in [4.78, 5) is 14.5. The van der Waals surface area contributed by atoms with Crippen LogP contribution in [0.1, 0.15) is 12.5 Å². The second-order valence-corrected chi connectivity index (χ2v) is 10.0. The monoisotopic (exact) mass is 420 g/mol. The van der Waals surface area contributed by atoms with Gasteiger partial charge in [-0.1, -0.05) is 55.5 Å². The van der Waals surface area contributed by atoms with Crippen molar-refractivity contribution < 1.29 is 8.42 Å². The van der Waals surface area contributed by atoms with Gasteiger partial charge in [0.25, 0.3) is 0 Å². The number of hydrogen-bond donors (Lipinski definition) is 0. The summed E-state index contributed by atoms with van der Waals surface area (Å²) in [6.07, 6.45) is 2.13. The minimum Gasteiger partial charge on any atom is -0.288 e. The van der Waals surface area contributed by atoms with Crippen molar-refractivity contribution in [1.29, 1.82) is 0 Å². The highest BCUT2D eigenvalue weighted by atomic mass is 32.2. The molecule has 0 fully saturated rings. The molecule has 0 N–H and O–H groups in total. The molecule has 5 heteroatoms. The van der Waals surface area contributed by atoms with Gasteiger partial charge in [-0.15, -0.1) is 11.3 Å². The zero-order chi connectivity index (χ0) is 20.6. The average Bonchev–Trinajstić information content (AvgIpc) is 2.73. The van der Waals surface area contributed by atoms with Gasteiger partial charge in [-0.3, -0.25) is 4.79 Å². The van der Waals surface area contributed by atoms with E-state index >= 15 is 0 Å². The first-order valence-electron chi connectivity index (χ1n) is 9.34. The molecule has 1 heterocycles. The molecule has 0 spiro atoms. The lowest BCUT2D eigenvalue weighted by Crippen LogP contribution is -2.06. The van der Waals surface area contributed by atoms with E-state index in [1.165, 1.54) is 11.8 Å². The van der Waals surface area contributed by atoms with Crippen molar-refractivity contribution in [2.45, 2.75) is 18.2 Å². The van der Waals surface area contributed by atoms with Crippen molar-refractivity contribution in [2.24, 2.45) is 0 Å². The second kappa shape index (κ2) is 7.58. The number of benzene rings is 3. The predicted octanol–water partition coefficient (Wildman–Crippen LogP) is 5.56. The van der Waals surface area contributed by atoms with E-state index < -0.39 is 9.84 Å². The second-order valence-electron chi connectivity index (χ2n) is 6.98. The Morgan fingerprint density at radius 2 is 1.45 bits per heavy atom. The van der Waals surface area contributed by atoms with Gasteiger partial charge in [-0.2, -0.15) is 0 Å². The Morgan fingerprint density at radius 1 is 0.828 bits per heavy atom. The van der Waals surface area contributed by atoms with Crippen LogP contribution >= 0.6 is 11.3 Å². The van der Waals surface area contributed by atoms with E-state index in [0.717, 1.165) is 27.1 Å². The van der Waals surface area contributed by atoms with E-state index in [1.54, 1.807) is 35.6 Å². The van der Waals surface area contributed by atoms with E-state index in [-0.39, 0.29) is 10.3 Å². The Morgan fingerprint density at radius 3 is 2.07 bits per heavy atom. The third-order valence-electron chi connectivity index (χ3n) is 4.99. The molecule has 0 saturated carbocycles. The first-order chi connectivity index (χ1) is 13.9.